The quantitative estimate of drug-likeness (QED) is 0.199. The van der Waals surface area contributed by atoms with Crippen molar-refractivity contribution in [3.8, 4) is 11.5 Å². The van der Waals surface area contributed by atoms with Crippen LogP contribution in [0.15, 0.2) is 47.4 Å². The Morgan fingerprint density at radius 3 is 2.51 bits per heavy atom. The molecule has 3 aromatic rings. The largest absolute Gasteiger partial charge is 0.497 e. The summed E-state index contributed by atoms with van der Waals surface area (Å²) >= 11 is 6.25. The van der Waals surface area contributed by atoms with Gasteiger partial charge in [0.25, 0.3) is 10.0 Å². The van der Waals surface area contributed by atoms with E-state index in [4.69, 9.17) is 21.1 Å². The average molecular weight is 584 g/mol. The second-order valence-electron chi connectivity index (χ2n) is 9.29. The summed E-state index contributed by atoms with van der Waals surface area (Å²) in [7, 11) is -2.27. The molecule has 4 rings (SSSR count). The Morgan fingerprint density at radius 1 is 1.15 bits per heavy atom. The Labute approximate surface area is 229 Å². The van der Waals surface area contributed by atoms with Gasteiger partial charge in [0.1, 0.15) is 34.4 Å². The van der Waals surface area contributed by atoms with Crippen molar-refractivity contribution in [2.45, 2.75) is 24.8 Å². The monoisotopic (exact) mass is 583 g/mol. The second-order valence-corrected chi connectivity index (χ2v) is 11.5. The predicted molar refractivity (Wildman–Crippen MR) is 139 cm³/mol. The summed E-state index contributed by atoms with van der Waals surface area (Å²) < 4.78 is 84.0. The number of rotatable bonds is 9. The molecule has 1 aliphatic heterocycles. The van der Waals surface area contributed by atoms with Crippen LogP contribution in [-0.4, -0.2) is 47.0 Å². The third-order valence-electron chi connectivity index (χ3n) is 6.54. The number of sulfonamides is 1. The number of halogens is 4. The molecule has 0 saturated carbocycles. The highest BCUT2D eigenvalue weighted by molar-refractivity contribution is 7.92. The average Bonchev–Trinajstić information content (AvgIpc) is 3.31. The molecule has 1 aromatic heterocycles. The van der Waals surface area contributed by atoms with Gasteiger partial charge in [0.05, 0.1) is 26.5 Å². The molecule has 0 bridgehead atoms. The van der Waals surface area contributed by atoms with E-state index in [2.05, 4.69) is 4.98 Å². The van der Waals surface area contributed by atoms with Crippen molar-refractivity contribution >= 4 is 39.4 Å². The zero-order valence-corrected chi connectivity index (χ0v) is 22.8. The number of carbonyl (C=O) groups is 1. The van der Waals surface area contributed by atoms with Gasteiger partial charge in [-0.25, -0.2) is 26.5 Å². The Bertz CT molecular complexity index is 1520. The molecule has 1 atom stereocenters. The standard InChI is InChI=1S/C26H25ClF3N3O5S/c1-26(15-34)9-10-32(14-26)19-12-18(28)25(24(30)23(19)27)39(35,36)33(22-6-4-5-21(29)31-22)13-16-7-8-17(37-2)11-20(16)38-3/h4-8,11-12,15H,9-10,13-14H2,1-3H3/t26-/m1/s1. The van der Waals surface area contributed by atoms with Crippen LogP contribution in [0.1, 0.15) is 18.9 Å². The SMILES string of the molecule is COc1ccc(CN(c2cccc(F)n2)S(=O)(=O)c2c(F)cc(N3CC[C@@](C)(C=O)C3)c(Cl)c2F)c(OC)c1. The maximum atomic E-state index is 15.7. The Hall–Kier alpha value is -3.51. The molecule has 1 aliphatic rings. The zero-order valence-electron chi connectivity index (χ0n) is 21.3. The fourth-order valence-corrected chi connectivity index (χ4v) is 6.23. The Balaban J connectivity index is 1.83. The van der Waals surface area contributed by atoms with E-state index in [0.717, 1.165) is 18.4 Å². The predicted octanol–water partition coefficient (Wildman–Crippen LogP) is 4.98. The van der Waals surface area contributed by atoms with Gasteiger partial charge in [0.2, 0.25) is 5.95 Å². The van der Waals surface area contributed by atoms with Gasteiger partial charge < -0.3 is 19.2 Å². The van der Waals surface area contributed by atoms with Crippen molar-refractivity contribution < 1.29 is 35.9 Å². The van der Waals surface area contributed by atoms with Gasteiger partial charge >= 0.3 is 0 Å². The number of aldehydes is 1. The number of ether oxygens (including phenoxy) is 2. The van der Waals surface area contributed by atoms with E-state index in [0.29, 0.717) is 16.5 Å². The number of aromatic nitrogens is 1. The number of carbonyl (C=O) groups excluding carboxylic acids is 1. The van der Waals surface area contributed by atoms with E-state index in [9.17, 15) is 17.6 Å². The summed E-state index contributed by atoms with van der Waals surface area (Å²) in [6.45, 7) is 1.62. The van der Waals surface area contributed by atoms with Crippen molar-refractivity contribution in [1.29, 1.82) is 0 Å². The lowest BCUT2D eigenvalue weighted by Crippen LogP contribution is -2.33. The minimum atomic E-state index is -5.05. The fourth-order valence-electron chi connectivity index (χ4n) is 4.39. The van der Waals surface area contributed by atoms with Crippen LogP contribution in [0.3, 0.4) is 0 Å². The molecule has 39 heavy (non-hydrogen) atoms. The highest BCUT2D eigenvalue weighted by Gasteiger charge is 2.39. The smallest absolute Gasteiger partial charge is 0.271 e. The highest BCUT2D eigenvalue weighted by atomic mass is 35.5. The molecule has 13 heteroatoms. The Morgan fingerprint density at radius 2 is 1.90 bits per heavy atom. The minimum absolute atomic E-state index is 0.0801. The number of methoxy groups -OCH3 is 2. The van der Waals surface area contributed by atoms with Gasteiger partial charge in [-0.3, -0.25) is 0 Å². The number of hydrogen-bond acceptors (Lipinski definition) is 7. The molecule has 0 radical (unpaired) electrons. The van der Waals surface area contributed by atoms with Crippen molar-refractivity contribution in [1.82, 2.24) is 4.98 Å². The molecule has 1 fully saturated rings. The van der Waals surface area contributed by atoms with Gasteiger partial charge in [0, 0.05) is 36.2 Å². The van der Waals surface area contributed by atoms with Crippen molar-refractivity contribution in [3.63, 3.8) is 0 Å². The lowest BCUT2D eigenvalue weighted by molar-refractivity contribution is -0.114. The normalized spacial score (nSPS) is 17.3. The van der Waals surface area contributed by atoms with E-state index in [1.165, 1.54) is 49.5 Å². The van der Waals surface area contributed by atoms with Crippen LogP contribution in [0.4, 0.5) is 24.7 Å². The van der Waals surface area contributed by atoms with E-state index in [1.54, 1.807) is 6.92 Å². The maximum absolute atomic E-state index is 15.7. The van der Waals surface area contributed by atoms with Crippen LogP contribution in [0, 0.1) is 23.0 Å². The maximum Gasteiger partial charge on any atom is 0.271 e. The van der Waals surface area contributed by atoms with Gasteiger partial charge in [0.15, 0.2) is 10.7 Å². The van der Waals surface area contributed by atoms with Crippen LogP contribution in [-0.2, 0) is 21.4 Å². The molecule has 2 heterocycles. The molecule has 1 saturated heterocycles. The molecule has 2 aromatic carbocycles. The topological polar surface area (TPSA) is 89.0 Å². The molecule has 0 N–H and O–H groups in total. The van der Waals surface area contributed by atoms with Crippen LogP contribution >= 0.6 is 11.6 Å². The number of hydrogen-bond donors (Lipinski definition) is 0. The van der Waals surface area contributed by atoms with Crippen molar-refractivity contribution in [3.05, 3.63) is 70.6 Å². The summed E-state index contributed by atoms with van der Waals surface area (Å²) in [5.41, 5.74) is -0.539. The Kier molecular flexibility index (Phi) is 7.99. The molecule has 0 amide bonds. The first kappa shape index (κ1) is 28.5. The molecule has 0 unspecified atom stereocenters. The highest BCUT2D eigenvalue weighted by Crippen LogP contribution is 2.41. The molecular weight excluding hydrogens is 559 g/mol. The van der Waals surface area contributed by atoms with E-state index in [1.807, 2.05) is 0 Å². The minimum Gasteiger partial charge on any atom is -0.497 e. The van der Waals surface area contributed by atoms with Gasteiger partial charge in [-0.05, 0) is 30.7 Å². The third-order valence-corrected chi connectivity index (χ3v) is 8.69. The summed E-state index contributed by atoms with van der Waals surface area (Å²) in [6, 6.07) is 8.75. The van der Waals surface area contributed by atoms with Crippen molar-refractivity contribution in [2.24, 2.45) is 5.41 Å². The summed E-state index contributed by atoms with van der Waals surface area (Å²) in [5, 5.41) is -0.626. The second kappa shape index (κ2) is 10.9. The number of anilines is 2. The molecule has 208 valence electrons. The molecular formula is C26H25ClF3N3O5S. The molecule has 8 nitrogen and oxygen atoms in total. The first-order valence-electron chi connectivity index (χ1n) is 11.7. The van der Waals surface area contributed by atoms with E-state index in [-0.39, 0.29) is 30.1 Å². The first-order chi connectivity index (χ1) is 18.4. The number of pyridine rings is 1. The first-order valence-corrected chi connectivity index (χ1v) is 13.5. The lowest BCUT2D eigenvalue weighted by Gasteiger charge is -2.27. The lowest BCUT2D eigenvalue weighted by atomic mass is 9.92. The zero-order chi connectivity index (χ0) is 28.5. The summed E-state index contributed by atoms with van der Waals surface area (Å²) in [5.74, 6) is -3.72. The fraction of sp³-hybridized carbons (Fsp3) is 0.308. The van der Waals surface area contributed by atoms with Gasteiger partial charge in [-0.15, -0.1) is 0 Å². The van der Waals surface area contributed by atoms with Crippen LogP contribution in [0.2, 0.25) is 5.02 Å². The third kappa shape index (κ3) is 5.48. The van der Waals surface area contributed by atoms with Crippen LogP contribution in [0.5, 0.6) is 11.5 Å². The number of nitrogens with zero attached hydrogens (tertiary/aromatic N) is 3. The van der Waals surface area contributed by atoms with Crippen LogP contribution < -0.4 is 18.7 Å². The van der Waals surface area contributed by atoms with Crippen LogP contribution in [0.25, 0.3) is 0 Å². The van der Waals surface area contributed by atoms with E-state index < -0.39 is 55.3 Å². The molecule has 0 spiro atoms. The summed E-state index contributed by atoms with van der Waals surface area (Å²) in [4.78, 5) is 15.3. The molecule has 0 aliphatic carbocycles. The van der Waals surface area contributed by atoms with Crippen molar-refractivity contribution in [2.75, 3.05) is 36.5 Å². The summed E-state index contributed by atoms with van der Waals surface area (Å²) in [6.07, 6.45) is 1.20. The number of benzene rings is 2. The van der Waals surface area contributed by atoms with Gasteiger partial charge in [-0.2, -0.15) is 4.39 Å². The van der Waals surface area contributed by atoms with Gasteiger partial charge in [-0.1, -0.05) is 24.6 Å². The van der Waals surface area contributed by atoms with E-state index >= 15 is 8.78 Å².